The van der Waals surface area contributed by atoms with E-state index in [1.165, 1.54) is 12.0 Å². The van der Waals surface area contributed by atoms with Crippen molar-refractivity contribution in [3.8, 4) is 5.75 Å². The Kier molecular flexibility index (Phi) is 5.71. The molecule has 0 bridgehead atoms. The Bertz CT molecular complexity index is 1150. The smallest absolute Gasteiger partial charge is 0.296 e. The summed E-state index contributed by atoms with van der Waals surface area (Å²) >= 11 is 0. The van der Waals surface area contributed by atoms with Crippen molar-refractivity contribution in [2.24, 2.45) is 0 Å². The van der Waals surface area contributed by atoms with Gasteiger partial charge < -0.3 is 24.5 Å². The molecule has 1 spiro atoms. The van der Waals surface area contributed by atoms with Gasteiger partial charge in [-0.1, -0.05) is 18.2 Å². The van der Waals surface area contributed by atoms with Crippen LogP contribution in [0.3, 0.4) is 0 Å². The number of benzene rings is 2. The van der Waals surface area contributed by atoms with Gasteiger partial charge in [0.05, 0.1) is 18.4 Å². The molecule has 1 saturated heterocycles. The van der Waals surface area contributed by atoms with E-state index in [9.17, 15) is 19.5 Å². The predicted octanol–water partition coefficient (Wildman–Crippen LogP) is 2.20. The maximum Gasteiger partial charge on any atom is 0.296 e. The standard InChI is InChI=1S/C25H27N3O5/c1-5-27-19-9-7-6-8-18(19)25(24(27)32)20(21(29)16-10-12-17(33-4)13-11-16)22(30)23(31)28(25)15-14-26(2)3/h6-13,29H,5,14-15H2,1-4H3/b21-20+. The monoisotopic (exact) mass is 449 g/mol. The first-order valence-corrected chi connectivity index (χ1v) is 10.8. The van der Waals surface area contributed by atoms with Gasteiger partial charge in [0.15, 0.2) is 5.54 Å². The minimum absolute atomic E-state index is 0.147. The van der Waals surface area contributed by atoms with E-state index in [1.54, 1.807) is 47.4 Å². The van der Waals surface area contributed by atoms with Gasteiger partial charge in [0, 0.05) is 30.8 Å². The molecule has 172 valence electrons. The number of ether oxygens (including phenoxy) is 1. The average Bonchev–Trinajstić information content (AvgIpc) is 3.20. The molecule has 4 rings (SSSR count). The lowest BCUT2D eigenvalue weighted by atomic mass is 9.82. The van der Waals surface area contributed by atoms with Gasteiger partial charge in [0.2, 0.25) is 0 Å². The van der Waals surface area contributed by atoms with Crippen LogP contribution < -0.4 is 9.64 Å². The van der Waals surface area contributed by atoms with Crippen molar-refractivity contribution >= 4 is 29.0 Å². The summed E-state index contributed by atoms with van der Waals surface area (Å²) in [6.07, 6.45) is 0. The molecule has 8 nitrogen and oxygen atoms in total. The van der Waals surface area contributed by atoms with Crippen molar-refractivity contribution in [2.45, 2.75) is 12.5 Å². The molecule has 2 aromatic rings. The third kappa shape index (κ3) is 3.21. The van der Waals surface area contributed by atoms with Crippen LogP contribution in [0.2, 0.25) is 0 Å². The number of hydrogen-bond acceptors (Lipinski definition) is 6. The SMILES string of the molecule is CCN1C(=O)C2(/C(=C(/O)c3ccc(OC)cc3)C(=O)C(=O)N2CCN(C)C)c2ccccc21. The number of likely N-dealkylation sites (tertiary alicyclic amines) is 1. The predicted molar refractivity (Wildman–Crippen MR) is 124 cm³/mol. The lowest BCUT2D eigenvalue weighted by Gasteiger charge is -2.35. The molecule has 2 heterocycles. The zero-order valence-corrected chi connectivity index (χ0v) is 19.2. The number of para-hydroxylation sites is 1. The molecule has 0 aliphatic carbocycles. The summed E-state index contributed by atoms with van der Waals surface area (Å²) in [7, 11) is 5.23. The van der Waals surface area contributed by atoms with E-state index in [1.807, 2.05) is 32.0 Å². The number of ketones is 1. The van der Waals surface area contributed by atoms with Gasteiger partial charge in [-0.05, 0) is 51.4 Å². The summed E-state index contributed by atoms with van der Waals surface area (Å²) in [5.74, 6) is -1.90. The van der Waals surface area contributed by atoms with Crippen molar-refractivity contribution in [1.29, 1.82) is 0 Å². The summed E-state index contributed by atoms with van der Waals surface area (Å²) in [6, 6.07) is 13.6. The fourth-order valence-electron chi connectivity index (χ4n) is 4.67. The van der Waals surface area contributed by atoms with E-state index in [-0.39, 0.29) is 17.9 Å². The summed E-state index contributed by atoms with van der Waals surface area (Å²) in [5, 5.41) is 11.4. The van der Waals surface area contributed by atoms with Crippen LogP contribution in [-0.4, -0.2) is 73.3 Å². The van der Waals surface area contributed by atoms with Crippen molar-refractivity contribution in [1.82, 2.24) is 9.80 Å². The van der Waals surface area contributed by atoms with Crippen LogP contribution in [0.1, 0.15) is 18.1 Å². The second-order valence-electron chi connectivity index (χ2n) is 8.32. The quantitative estimate of drug-likeness (QED) is 0.413. The highest BCUT2D eigenvalue weighted by molar-refractivity contribution is 6.50. The highest BCUT2D eigenvalue weighted by Gasteiger charge is 2.66. The Morgan fingerprint density at radius 3 is 2.33 bits per heavy atom. The van der Waals surface area contributed by atoms with Crippen LogP contribution in [0.4, 0.5) is 5.69 Å². The van der Waals surface area contributed by atoms with E-state index in [2.05, 4.69) is 0 Å². The summed E-state index contributed by atoms with van der Waals surface area (Å²) < 4.78 is 5.18. The molecule has 1 fully saturated rings. The zero-order chi connectivity index (χ0) is 23.9. The van der Waals surface area contributed by atoms with Gasteiger partial charge in [-0.3, -0.25) is 14.4 Å². The third-order valence-corrected chi connectivity index (χ3v) is 6.26. The van der Waals surface area contributed by atoms with Gasteiger partial charge in [-0.25, -0.2) is 0 Å². The number of anilines is 1. The molecule has 0 aromatic heterocycles. The highest BCUT2D eigenvalue weighted by atomic mass is 16.5. The average molecular weight is 450 g/mol. The van der Waals surface area contributed by atoms with Gasteiger partial charge in [0.1, 0.15) is 11.5 Å². The van der Waals surface area contributed by atoms with Crippen LogP contribution in [0, 0.1) is 0 Å². The van der Waals surface area contributed by atoms with Crippen LogP contribution >= 0.6 is 0 Å². The van der Waals surface area contributed by atoms with Gasteiger partial charge in [0.25, 0.3) is 17.6 Å². The minimum Gasteiger partial charge on any atom is -0.507 e. The Balaban J connectivity index is 2.02. The van der Waals surface area contributed by atoms with Crippen LogP contribution in [-0.2, 0) is 19.9 Å². The van der Waals surface area contributed by atoms with Gasteiger partial charge >= 0.3 is 0 Å². The first-order valence-electron chi connectivity index (χ1n) is 10.8. The van der Waals surface area contributed by atoms with Gasteiger partial charge in [-0.2, -0.15) is 0 Å². The number of methoxy groups -OCH3 is 1. The Hall–Kier alpha value is -3.65. The highest BCUT2D eigenvalue weighted by Crippen LogP contribution is 2.53. The van der Waals surface area contributed by atoms with E-state index in [0.717, 1.165) is 0 Å². The second-order valence-corrected chi connectivity index (χ2v) is 8.32. The molecule has 2 aliphatic heterocycles. The minimum atomic E-state index is -1.72. The fraction of sp³-hybridized carbons (Fsp3) is 0.320. The van der Waals surface area contributed by atoms with Crippen LogP contribution in [0.5, 0.6) is 5.75 Å². The first kappa shape index (κ1) is 22.5. The molecule has 2 amide bonds. The number of rotatable bonds is 6. The molecule has 2 aliphatic rings. The Morgan fingerprint density at radius 1 is 1.06 bits per heavy atom. The summed E-state index contributed by atoms with van der Waals surface area (Å²) in [4.78, 5) is 45.5. The van der Waals surface area contributed by atoms with E-state index < -0.39 is 23.1 Å². The van der Waals surface area contributed by atoms with Crippen molar-refractivity contribution in [3.63, 3.8) is 0 Å². The van der Waals surface area contributed by atoms with E-state index in [0.29, 0.717) is 35.7 Å². The van der Waals surface area contributed by atoms with Crippen molar-refractivity contribution in [2.75, 3.05) is 45.7 Å². The van der Waals surface area contributed by atoms with E-state index in [4.69, 9.17) is 4.74 Å². The van der Waals surface area contributed by atoms with E-state index >= 15 is 0 Å². The number of nitrogens with zero attached hydrogens (tertiary/aromatic N) is 3. The Morgan fingerprint density at radius 2 is 1.73 bits per heavy atom. The molecule has 2 aromatic carbocycles. The largest absolute Gasteiger partial charge is 0.507 e. The normalized spacial score (nSPS) is 21.4. The number of carbonyl (C=O) groups is 3. The summed E-state index contributed by atoms with van der Waals surface area (Å²) in [6.45, 7) is 2.79. The lowest BCUT2D eigenvalue weighted by molar-refractivity contribution is -0.143. The fourth-order valence-corrected chi connectivity index (χ4v) is 4.67. The molecule has 33 heavy (non-hydrogen) atoms. The number of aliphatic hydroxyl groups excluding tert-OH is 1. The maximum atomic E-state index is 14.0. The first-order chi connectivity index (χ1) is 15.8. The molecule has 1 atom stereocenters. The molecule has 1 unspecified atom stereocenters. The van der Waals surface area contributed by atoms with Crippen molar-refractivity contribution in [3.05, 3.63) is 65.2 Å². The van der Waals surface area contributed by atoms with Crippen LogP contribution in [0.15, 0.2) is 54.1 Å². The molecule has 1 N–H and O–H groups in total. The molecule has 0 radical (unpaired) electrons. The number of fused-ring (bicyclic) bond motifs is 2. The number of Topliss-reactive ketones (excluding diaryl/α,β-unsaturated/α-hetero) is 1. The Labute approximate surface area is 192 Å². The van der Waals surface area contributed by atoms with Crippen LogP contribution in [0.25, 0.3) is 5.76 Å². The number of hydrogen-bond donors (Lipinski definition) is 1. The second kappa shape index (κ2) is 8.37. The molecular formula is C25H27N3O5. The maximum absolute atomic E-state index is 14.0. The van der Waals surface area contributed by atoms with Gasteiger partial charge in [-0.15, -0.1) is 0 Å². The number of amides is 2. The molecule has 0 saturated carbocycles. The topological polar surface area (TPSA) is 90.4 Å². The number of carbonyl (C=O) groups excluding carboxylic acids is 3. The lowest BCUT2D eigenvalue weighted by Crippen LogP contribution is -2.53. The number of likely N-dealkylation sites (N-methyl/N-ethyl adjacent to an activating group) is 2. The summed E-state index contributed by atoms with van der Waals surface area (Å²) in [5.41, 5.74) is -0.459. The van der Waals surface area contributed by atoms with Crippen molar-refractivity contribution < 1.29 is 24.2 Å². The third-order valence-electron chi connectivity index (χ3n) is 6.26. The zero-order valence-electron chi connectivity index (χ0n) is 19.2. The molecule has 8 heteroatoms. The molecular weight excluding hydrogens is 422 g/mol. The number of aliphatic hydroxyl groups is 1.